The highest BCUT2D eigenvalue weighted by molar-refractivity contribution is 7.98. The van der Waals surface area contributed by atoms with E-state index in [0.29, 0.717) is 16.2 Å². The van der Waals surface area contributed by atoms with Crippen molar-refractivity contribution in [3.63, 3.8) is 0 Å². The lowest BCUT2D eigenvalue weighted by atomic mass is 10.2. The minimum atomic E-state index is -0.0552. The molecule has 0 saturated carbocycles. The van der Waals surface area contributed by atoms with Gasteiger partial charge >= 0.3 is 0 Å². The molecule has 0 bridgehead atoms. The number of aryl methyl sites for hydroxylation is 1. The molecule has 2 aromatic carbocycles. The average Bonchev–Trinajstić information content (AvgIpc) is 3.57. The number of ether oxygens (including phenoxy) is 1. The van der Waals surface area contributed by atoms with Crippen molar-refractivity contribution in [1.82, 2.24) is 28.7 Å². The lowest BCUT2D eigenvalue weighted by Crippen LogP contribution is -2.19. The molecule has 0 radical (unpaired) electrons. The van der Waals surface area contributed by atoms with Gasteiger partial charge in [0.1, 0.15) is 16.3 Å². The number of benzene rings is 2. The Morgan fingerprint density at radius 1 is 1.03 bits per heavy atom. The van der Waals surface area contributed by atoms with Crippen molar-refractivity contribution in [3.05, 3.63) is 76.2 Å². The van der Waals surface area contributed by atoms with E-state index in [2.05, 4.69) is 20.8 Å². The third-order valence-electron chi connectivity index (χ3n) is 5.59. The van der Waals surface area contributed by atoms with Crippen LogP contribution in [0.4, 0.5) is 0 Å². The minimum Gasteiger partial charge on any atom is -0.497 e. The predicted octanol–water partition coefficient (Wildman–Crippen LogP) is 4.28. The third-order valence-corrected chi connectivity index (χ3v) is 7.41. The number of rotatable bonds is 5. The summed E-state index contributed by atoms with van der Waals surface area (Å²) in [6.45, 7) is 0. The summed E-state index contributed by atoms with van der Waals surface area (Å²) < 4.78 is 11.7. The number of hydrogen-bond acceptors (Lipinski definition) is 7. The summed E-state index contributed by atoms with van der Waals surface area (Å²) in [6, 6.07) is 17.9. The predicted molar refractivity (Wildman–Crippen MR) is 131 cm³/mol. The number of aromatic nitrogens is 6. The molecule has 6 aromatic rings. The van der Waals surface area contributed by atoms with Crippen molar-refractivity contribution in [2.75, 3.05) is 7.11 Å². The van der Waals surface area contributed by atoms with Gasteiger partial charge in [-0.25, -0.2) is 4.98 Å². The highest BCUT2D eigenvalue weighted by Gasteiger charge is 2.18. The molecule has 164 valence electrons. The van der Waals surface area contributed by atoms with Crippen LogP contribution >= 0.6 is 23.1 Å². The first kappa shape index (κ1) is 20.0. The first-order chi connectivity index (χ1) is 16.2. The third kappa shape index (κ3) is 3.13. The lowest BCUT2D eigenvalue weighted by molar-refractivity contribution is 0.414. The minimum absolute atomic E-state index is 0.0552. The van der Waals surface area contributed by atoms with E-state index in [9.17, 15) is 4.79 Å². The number of para-hydroxylation sites is 2. The Labute approximate surface area is 196 Å². The van der Waals surface area contributed by atoms with Crippen LogP contribution in [-0.4, -0.2) is 35.8 Å². The van der Waals surface area contributed by atoms with Gasteiger partial charge in [-0.05, 0) is 47.8 Å². The van der Waals surface area contributed by atoms with Crippen molar-refractivity contribution in [2.24, 2.45) is 7.05 Å². The summed E-state index contributed by atoms with van der Waals surface area (Å²) in [4.78, 5) is 17.5. The quantitative estimate of drug-likeness (QED) is 0.347. The normalized spacial score (nSPS) is 11.7. The Kier molecular flexibility index (Phi) is 4.70. The molecule has 0 aliphatic rings. The second-order valence-corrected chi connectivity index (χ2v) is 9.31. The molecule has 10 heteroatoms. The average molecular weight is 475 g/mol. The zero-order chi connectivity index (χ0) is 22.5. The fourth-order valence-corrected chi connectivity index (χ4v) is 5.75. The van der Waals surface area contributed by atoms with Crippen LogP contribution in [0.1, 0.15) is 5.82 Å². The van der Waals surface area contributed by atoms with Gasteiger partial charge in [-0.1, -0.05) is 23.9 Å². The smallest absolute Gasteiger partial charge is 0.272 e. The van der Waals surface area contributed by atoms with E-state index in [-0.39, 0.29) is 5.56 Å². The van der Waals surface area contributed by atoms with Crippen LogP contribution < -0.4 is 10.3 Å². The fraction of sp³-hybridized carbons (Fsp3) is 0.130. The number of nitrogens with zero attached hydrogens (tertiary/aromatic N) is 6. The second kappa shape index (κ2) is 7.75. The van der Waals surface area contributed by atoms with Crippen LogP contribution in [0.15, 0.2) is 69.9 Å². The highest BCUT2D eigenvalue weighted by atomic mass is 32.2. The van der Waals surface area contributed by atoms with Crippen LogP contribution in [0.25, 0.3) is 32.7 Å². The molecule has 0 atom stereocenters. The first-order valence-corrected chi connectivity index (χ1v) is 12.1. The van der Waals surface area contributed by atoms with Gasteiger partial charge in [-0.15, -0.1) is 21.5 Å². The maximum atomic E-state index is 12.6. The number of imidazole rings is 1. The number of hydrogen-bond donors (Lipinski definition) is 0. The molecule has 6 rings (SSSR count). The molecule has 0 fully saturated rings. The molecule has 4 aromatic heterocycles. The summed E-state index contributed by atoms with van der Waals surface area (Å²) in [5, 5.41) is 11.5. The number of methoxy groups -OCH3 is 1. The van der Waals surface area contributed by atoms with E-state index in [1.54, 1.807) is 30.5 Å². The second-order valence-electron chi connectivity index (χ2n) is 7.46. The van der Waals surface area contributed by atoms with Crippen LogP contribution in [-0.2, 0) is 12.8 Å². The number of thioether (sulfide) groups is 1. The van der Waals surface area contributed by atoms with Crippen LogP contribution in [0, 0.1) is 0 Å². The summed E-state index contributed by atoms with van der Waals surface area (Å²) in [7, 11) is 3.39. The Bertz CT molecular complexity index is 1690. The van der Waals surface area contributed by atoms with Gasteiger partial charge in [0.05, 0.1) is 29.4 Å². The molecule has 0 aliphatic heterocycles. The van der Waals surface area contributed by atoms with Crippen LogP contribution in [0.2, 0.25) is 0 Å². The molecular weight excluding hydrogens is 456 g/mol. The fourth-order valence-electron chi connectivity index (χ4n) is 3.96. The summed E-state index contributed by atoms with van der Waals surface area (Å²) in [6.07, 6.45) is 0. The van der Waals surface area contributed by atoms with Gasteiger partial charge in [-0.3, -0.25) is 18.3 Å². The largest absolute Gasteiger partial charge is 0.497 e. The van der Waals surface area contributed by atoms with Gasteiger partial charge < -0.3 is 4.74 Å². The van der Waals surface area contributed by atoms with Gasteiger partial charge in [0.2, 0.25) is 5.78 Å². The molecule has 33 heavy (non-hydrogen) atoms. The SMILES string of the molecule is COc1ccc(-n2c(SCc3nnc4n(C)c(=O)c5sccc5n34)nc3ccccc32)cc1. The van der Waals surface area contributed by atoms with E-state index in [4.69, 9.17) is 9.72 Å². The van der Waals surface area contributed by atoms with Crippen LogP contribution in [0.5, 0.6) is 5.75 Å². The van der Waals surface area contributed by atoms with Crippen molar-refractivity contribution in [1.29, 1.82) is 0 Å². The summed E-state index contributed by atoms with van der Waals surface area (Å²) in [5.74, 6) is 2.65. The molecule has 0 spiro atoms. The lowest BCUT2D eigenvalue weighted by Gasteiger charge is -2.10. The summed E-state index contributed by atoms with van der Waals surface area (Å²) in [5.41, 5.74) is 3.73. The van der Waals surface area contributed by atoms with E-state index in [0.717, 1.165) is 39.0 Å². The Morgan fingerprint density at radius 3 is 2.67 bits per heavy atom. The zero-order valence-corrected chi connectivity index (χ0v) is 19.4. The molecular formula is C23H18N6O2S2. The van der Waals surface area contributed by atoms with Crippen molar-refractivity contribution < 1.29 is 4.74 Å². The Hall–Kier alpha value is -3.63. The molecule has 0 aliphatic carbocycles. The van der Waals surface area contributed by atoms with Gasteiger partial charge in [0, 0.05) is 12.7 Å². The number of fused-ring (bicyclic) bond motifs is 4. The monoisotopic (exact) mass is 474 g/mol. The van der Waals surface area contributed by atoms with Crippen molar-refractivity contribution >= 4 is 50.1 Å². The Balaban J connectivity index is 1.45. The molecule has 0 unspecified atom stereocenters. The number of thiophene rings is 1. The highest BCUT2D eigenvalue weighted by Crippen LogP contribution is 2.31. The zero-order valence-electron chi connectivity index (χ0n) is 17.8. The van der Waals surface area contributed by atoms with E-state index in [1.165, 1.54) is 11.3 Å². The van der Waals surface area contributed by atoms with E-state index in [1.807, 2.05) is 58.3 Å². The van der Waals surface area contributed by atoms with Gasteiger partial charge in [0.25, 0.3) is 5.56 Å². The van der Waals surface area contributed by atoms with Gasteiger partial charge in [0.15, 0.2) is 5.16 Å². The maximum absolute atomic E-state index is 12.6. The van der Waals surface area contributed by atoms with Crippen LogP contribution in [0.3, 0.4) is 0 Å². The molecule has 4 heterocycles. The summed E-state index contributed by atoms with van der Waals surface area (Å²) >= 11 is 3.02. The molecule has 0 N–H and O–H groups in total. The molecule has 0 saturated heterocycles. The molecule has 0 amide bonds. The standard InChI is InChI=1S/C23H18N6O2S2/c1-27-21(30)20-18(11-12-32-20)29-19(25-26-22(27)29)13-33-23-24-16-5-3-4-6-17(16)28(23)14-7-9-15(31-2)10-8-14/h3-12H,13H2,1-2H3. The first-order valence-electron chi connectivity index (χ1n) is 10.2. The van der Waals surface area contributed by atoms with Crippen molar-refractivity contribution in [3.8, 4) is 11.4 Å². The maximum Gasteiger partial charge on any atom is 0.272 e. The van der Waals surface area contributed by atoms with E-state index < -0.39 is 0 Å². The Morgan fingerprint density at radius 2 is 1.85 bits per heavy atom. The molecule has 8 nitrogen and oxygen atoms in total. The van der Waals surface area contributed by atoms with Crippen molar-refractivity contribution in [2.45, 2.75) is 10.9 Å². The van der Waals surface area contributed by atoms with E-state index >= 15 is 0 Å². The van der Waals surface area contributed by atoms with Gasteiger partial charge in [-0.2, -0.15) is 0 Å². The topological polar surface area (TPSA) is 79.2 Å².